The molecule has 0 spiro atoms. The first kappa shape index (κ1) is 16.2. The van der Waals surface area contributed by atoms with Crippen LogP contribution in [0.5, 0.6) is 0 Å². The first-order valence-electron chi connectivity index (χ1n) is 8.66. The predicted octanol–water partition coefficient (Wildman–Crippen LogP) is 0.0766. The monoisotopic (exact) mass is 311 g/mol. The molecule has 3 fully saturated rings. The van der Waals surface area contributed by atoms with Crippen molar-refractivity contribution in [2.24, 2.45) is 0 Å². The Labute approximate surface area is 133 Å². The van der Waals surface area contributed by atoms with Crippen molar-refractivity contribution in [3.8, 4) is 0 Å². The third kappa shape index (κ3) is 3.98. The molecule has 3 rings (SSSR count). The van der Waals surface area contributed by atoms with E-state index in [1.54, 1.807) is 0 Å². The molecule has 2 aliphatic heterocycles. The molecule has 0 aromatic carbocycles. The van der Waals surface area contributed by atoms with Crippen LogP contribution in [-0.2, 0) is 14.3 Å². The summed E-state index contributed by atoms with van der Waals surface area (Å²) in [6, 6.07) is 0.300. The Morgan fingerprint density at radius 1 is 1.18 bits per heavy atom. The number of hydrogen-bond acceptors (Lipinski definition) is 5. The van der Waals surface area contributed by atoms with Crippen LogP contribution >= 0.6 is 0 Å². The maximum atomic E-state index is 12.5. The zero-order chi connectivity index (χ0) is 15.4. The third-order valence-corrected chi connectivity index (χ3v) is 5.04. The highest BCUT2D eigenvalue weighted by molar-refractivity contribution is 5.78. The number of rotatable bonds is 4. The van der Waals surface area contributed by atoms with Crippen LogP contribution in [0.3, 0.4) is 0 Å². The quantitative estimate of drug-likeness (QED) is 0.797. The summed E-state index contributed by atoms with van der Waals surface area (Å²) in [5.41, 5.74) is 0. The number of fused-ring (bicyclic) bond motifs is 1. The summed E-state index contributed by atoms with van der Waals surface area (Å²) in [5.74, 6) is 0.212. The number of carbonyl (C=O) groups is 1. The molecule has 3 unspecified atom stereocenters. The van der Waals surface area contributed by atoms with Crippen LogP contribution in [0.15, 0.2) is 0 Å². The fourth-order valence-corrected chi connectivity index (χ4v) is 3.84. The zero-order valence-electron chi connectivity index (χ0n) is 13.6. The molecule has 3 atom stereocenters. The highest BCUT2D eigenvalue weighted by Crippen LogP contribution is 2.28. The van der Waals surface area contributed by atoms with Gasteiger partial charge in [-0.25, -0.2) is 0 Å². The molecule has 1 N–H and O–H groups in total. The van der Waals surface area contributed by atoms with Crippen molar-refractivity contribution in [3.63, 3.8) is 0 Å². The van der Waals surface area contributed by atoms with Crippen molar-refractivity contribution in [2.75, 3.05) is 53.0 Å². The Morgan fingerprint density at radius 3 is 2.86 bits per heavy atom. The van der Waals surface area contributed by atoms with Crippen molar-refractivity contribution in [3.05, 3.63) is 0 Å². The van der Waals surface area contributed by atoms with Gasteiger partial charge in [0.2, 0.25) is 5.91 Å². The van der Waals surface area contributed by atoms with Gasteiger partial charge in [0.25, 0.3) is 0 Å². The molecule has 3 aliphatic rings. The molecular weight excluding hydrogens is 282 g/mol. The first-order valence-corrected chi connectivity index (χ1v) is 8.66. The molecule has 22 heavy (non-hydrogen) atoms. The highest BCUT2D eigenvalue weighted by Gasteiger charge is 2.36. The van der Waals surface area contributed by atoms with Gasteiger partial charge in [-0.3, -0.25) is 4.79 Å². The average Bonchev–Trinajstić information content (AvgIpc) is 2.54. The van der Waals surface area contributed by atoms with Crippen molar-refractivity contribution < 1.29 is 14.3 Å². The number of carbonyl (C=O) groups excluding carboxylic acids is 1. The Hall–Kier alpha value is -0.690. The molecule has 126 valence electrons. The summed E-state index contributed by atoms with van der Waals surface area (Å²) in [6.45, 7) is 5.29. The van der Waals surface area contributed by atoms with Gasteiger partial charge in [-0.2, -0.15) is 0 Å². The number of ether oxygens (including phenoxy) is 2. The number of likely N-dealkylation sites (N-methyl/N-ethyl adjacent to an activating group) is 1. The summed E-state index contributed by atoms with van der Waals surface area (Å²) in [4.78, 5) is 16.8. The molecule has 1 saturated carbocycles. The molecule has 0 radical (unpaired) electrons. The van der Waals surface area contributed by atoms with Gasteiger partial charge in [0.15, 0.2) is 0 Å². The van der Waals surface area contributed by atoms with Crippen LogP contribution in [0.2, 0.25) is 0 Å². The Balaban J connectivity index is 1.43. The van der Waals surface area contributed by atoms with E-state index in [1.165, 1.54) is 12.8 Å². The fourth-order valence-electron chi connectivity index (χ4n) is 3.84. The van der Waals surface area contributed by atoms with Crippen LogP contribution in [0.4, 0.5) is 0 Å². The minimum atomic E-state index is 0.193. The number of nitrogens with zero attached hydrogens (tertiary/aromatic N) is 2. The van der Waals surface area contributed by atoms with E-state index in [0.717, 1.165) is 45.6 Å². The number of morpholine rings is 2. The molecule has 1 amide bonds. The standard InChI is InChI=1S/C16H29N3O3/c1-18-6-8-21-13(12-18)10-17-11-16(20)19-7-9-22-15-5-3-2-4-14(15)19/h13-15,17H,2-12H2,1H3. The lowest BCUT2D eigenvalue weighted by Gasteiger charge is -2.43. The van der Waals surface area contributed by atoms with E-state index in [-0.39, 0.29) is 18.1 Å². The zero-order valence-corrected chi connectivity index (χ0v) is 13.6. The van der Waals surface area contributed by atoms with Crippen LogP contribution in [0, 0.1) is 0 Å². The number of amides is 1. The molecule has 0 aromatic rings. The smallest absolute Gasteiger partial charge is 0.236 e. The average molecular weight is 311 g/mol. The lowest BCUT2D eigenvalue weighted by Crippen LogP contribution is -2.57. The van der Waals surface area contributed by atoms with Gasteiger partial charge < -0.3 is 24.6 Å². The molecule has 2 saturated heterocycles. The Kier molecular flexibility index (Phi) is 5.68. The topological polar surface area (TPSA) is 54.0 Å². The second-order valence-corrected chi connectivity index (χ2v) is 6.73. The van der Waals surface area contributed by atoms with Crippen molar-refractivity contribution in [1.82, 2.24) is 15.1 Å². The fraction of sp³-hybridized carbons (Fsp3) is 0.938. The Morgan fingerprint density at radius 2 is 2.00 bits per heavy atom. The second kappa shape index (κ2) is 7.73. The predicted molar refractivity (Wildman–Crippen MR) is 83.8 cm³/mol. The lowest BCUT2D eigenvalue weighted by molar-refractivity contribution is -0.148. The van der Waals surface area contributed by atoms with E-state index >= 15 is 0 Å². The van der Waals surface area contributed by atoms with E-state index in [2.05, 4.69) is 17.3 Å². The molecule has 2 heterocycles. The van der Waals surface area contributed by atoms with E-state index in [4.69, 9.17) is 9.47 Å². The molecule has 6 nitrogen and oxygen atoms in total. The summed E-state index contributed by atoms with van der Waals surface area (Å²) in [6.07, 6.45) is 5.09. The first-order chi connectivity index (χ1) is 10.7. The maximum absolute atomic E-state index is 12.5. The molecular formula is C16H29N3O3. The SMILES string of the molecule is CN1CCOC(CNCC(=O)N2CCOC3CCCCC32)C1. The maximum Gasteiger partial charge on any atom is 0.236 e. The van der Waals surface area contributed by atoms with E-state index in [1.807, 2.05) is 4.90 Å². The lowest BCUT2D eigenvalue weighted by atomic mass is 9.90. The van der Waals surface area contributed by atoms with Crippen LogP contribution in [0.1, 0.15) is 25.7 Å². The van der Waals surface area contributed by atoms with E-state index in [0.29, 0.717) is 19.2 Å². The minimum Gasteiger partial charge on any atom is -0.374 e. The summed E-state index contributed by atoms with van der Waals surface area (Å²) in [7, 11) is 2.11. The largest absolute Gasteiger partial charge is 0.374 e. The van der Waals surface area contributed by atoms with Crippen LogP contribution < -0.4 is 5.32 Å². The highest BCUT2D eigenvalue weighted by atomic mass is 16.5. The summed E-state index contributed by atoms with van der Waals surface area (Å²) in [5, 5.41) is 3.28. The van der Waals surface area contributed by atoms with E-state index in [9.17, 15) is 4.79 Å². The van der Waals surface area contributed by atoms with Gasteiger partial charge in [-0.05, 0) is 19.9 Å². The van der Waals surface area contributed by atoms with Gasteiger partial charge in [0, 0.05) is 26.2 Å². The summed E-state index contributed by atoms with van der Waals surface area (Å²) >= 11 is 0. The van der Waals surface area contributed by atoms with Crippen molar-refractivity contribution >= 4 is 5.91 Å². The van der Waals surface area contributed by atoms with Gasteiger partial charge in [-0.1, -0.05) is 12.8 Å². The summed E-state index contributed by atoms with van der Waals surface area (Å²) < 4.78 is 11.5. The molecule has 6 heteroatoms. The Bertz CT molecular complexity index is 378. The second-order valence-electron chi connectivity index (χ2n) is 6.73. The van der Waals surface area contributed by atoms with Crippen molar-refractivity contribution in [1.29, 1.82) is 0 Å². The van der Waals surface area contributed by atoms with Crippen LogP contribution in [0.25, 0.3) is 0 Å². The van der Waals surface area contributed by atoms with Crippen molar-refractivity contribution in [2.45, 2.75) is 43.9 Å². The minimum absolute atomic E-state index is 0.193. The van der Waals surface area contributed by atoms with Gasteiger partial charge in [0.05, 0.1) is 38.0 Å². The van der Waals surface area contributed by atoms with Gasteiger partial charge in [-0.15, -0.1) is 0 Å². The number of nitrogens with one attached hydrogen (secondary N) is 1. The normalized spacial score (nSPS) is 33.5. The molecule has 0 bridgehead atoms. The van der Waals surface area contributed by atoms with E-state index < -0.39 is 0 Å². The molecule has 1 aliphatic carbocycles. The van der Waals surface area contributed by atoms with Gasteiger partial charge >= 0.3 is 0 Å². The third-order valence-electron chi connectivity index (χ3n) is 5.04. The number of hydrogen-bond donors (Lipinski definition) is 1. The van der Waals surface area contributed by atoms with Gasteiger partial charge in [0.1, 0.15) is 0 Å². The van der Waals surface area contributed by atoms with Crippen LogP contribution in [-0.4, -0.2) is 86.9 Å². The molecule has 0 aromatic heterocycles.